The minimum absolute atomic E-state index is 0.0269. The molecule has 0 radical (unpaired) electrons. The molecule has 0 fully saturated rings. The number of nitrogens with two attached hydrogens (primary N) is 1. The first-order valence-corrected chi connectivity index (χ1v) is 6.66. The first kappa shape index (κ1) is 16.5. The van der Waals surface area contributed by atoms with Crippen LogP contribution in [0.3, 0.4) is 0 Å². The second-order valence-electron chi connectivity index (χ2n) is 4.92. The summed E-state index contributed by atoms with van der Waals surface area (Å²) in [5.41, 5.74) is 5.52. The zero-order valence-electron chi connectivity index (χ0n) is 11.9. The summed E-state index contributed by atoms with van der Waals surface area (Å²) in [6.07, 6.45) is 0.0269. The molecule has 2 rings (SSSR count). The average molecular weight is 322 g/mol. The zero-order chi connectivity index (χ0) is 17.0. The predicted octanol–water partition coefficient (Wildman–Crippen LogP) is 1.93. The summed E-state index contributed by atoms with van der Waals surface area (Å²) in [5, 5.41) is 2.31. The van der Waals surface area contributed by atoms with E-state index in [9.17, 15) is 22.8 Å². The molecule has 4 nitrogen and oxygen atoms in total. The van der Waals surface area contributed by atoms with E-state index >= 15 is 0 Å². The number of amides is 2. The van der Waals surface area contributed by atoms with Crippen LogP contribution >= 0.6 is 0 Å². The first-order valence-electron chi connectivity index (χ1n) is 6.66. The summed E-state index contributed by atoms with van der Waals surface area (Å²) in [6, 6.07) is 6.51. The van der Waals surface area contributed by atoms with E-state index in [-0.39, 0.29) is 12.0 Å². The van der Waals surface area contributed by atoms with E-state index in [0.717, 1.165) is 12.1 Å². The van der Waals surface area contributed by atoms with Crippen molar-refractivity contribution in [1.82, 2.24) is 5.32 Å². The second kappa shape index (κ2) is 6.95. The number of rotatable bonds is 5. The maximum Gasteiger partial charge on any atom is 0.252 e. The van der Waals surface area contributed by atoms with E-state index in [0.29, 0.717) is 11.6 Å². The van der Waals surface area contributed by atoms with E-state index in [2.05, 4.69) is 5.32 Å². The monoisotopic (exact) mass is 322 g/mol. The summed E-state index contributed by atoms with van der Waals surface area (Å²) in [6.45, 7) is 0. The number of carbonyl (C=O) groups excluding carboxylic acids is 2. The molecule has 23 heavy (non-hydrogen) atoms. The Bertz CT molecular complexity index is 712. The van der Waals surface area contributed by atoms with Crippen LogP contribution in [0.15, 0.2) is 42.5 Å². The van der Waals surface area contributed by atoms with Crippen molar-refractivity contribution in [2.75, 3.05) is 0 Å². The first-order chi connectivity index (χ1) is 10.8. The Balaban J connectivity index is 2.14. The molecule has 0 aliphatic carbocycles. The molecule has 3 N–H and O–H groups in total. The van der Waals surface area contributed by atoms with E-state index in [1.165, 1.54) is 24.3 Å². The van der Waals surface area contributed by atoms with Gasteiger partial charge in [-0.1, -0.05) is 12.1 Å². The molecule has 0 unspecified atom stereocenters. The van der Waals surface area contributed by atoms with Gasteiger partial charge in [-0.3, -0.25) is 9.59 Å². The maximum absolute atomic E-state index is 13.1. The third-order valence-corrected chi connectivity index (χ3v) is 3.13. The van der Waals surface area contributed by atoms with Crippen LogP contribution < -0.4 is 11.1 Å². The van der Waals surface area contributed by atoms with Crippen LogP contribution in [0.5, 0.6) is 0 Å². The Kier molecular flexibility index (Phi) is 5.00. The third-order valence-electron chi connectivity index (χ3n) is 3.13. The van der Waals surface area contributed by atoms with Crippen LogP contribution in [0.1, 0.15) is 15.9 Å². The van der Waals surface area contributed by atoms with Crippen molar-refractivity contribution in [2.24, 2.45) is 5.73 Å². The highest BCUT2D eigenvalue weighted by Gasteiger charge is 2.20. The lowest BCUT2D eigenvalue weighted by Crippen LogP contribution is -2.45. The highest BCUT2D eigenvalue weighted by atomic mass is 19.1. The van der Waals surface area contributed by atoms with Gasteiger partial charge in [0.2, 0.25) is 5.91 Å². The molecule has 0 heterocycles. The number of nitrogens with one attached hydrogen (secondary N) is 1. The van der Waals surface area contributed by atoms with Gasteiger partial charge in [-0.15, -0.1) is 0 Å². The Morgan fingerprint density at radius 2 is 1.52 bits per heavy atom. The summed E-state index contributed by atoms with van der Waals surface area (Å²) >= 11 is 0. The summed E-state index contributed by atoms with van der Waals surface area (Å²) in [4.78, 5) is 23.5. The van der Waals surface area contributed by atoms with Crippen molar-refractivity contribution in [3.63, 3.8) is 0 Å². The minimum Gasteiger partial charge on any atom is -0.368 e. The number of hydrogen-bond donors (Lipinski definition) is 2. The SMILES string of the molecule is NC(=O)[C@@H](Cc1ccc(F)cc1)NC(=O)c1cc(F)cc(F)c1. The molecule has 0 aliphatic heterocycles. The van der Waals surface area contributed by atoms with Crippen molar-refractivity contribution in [2.45, 2.75) is 12.5 Å². The van der Waals surface area contributed by atoms with E-state index in [4.69, 9.17) is 5.73 Å². The highest BCUT2D eigenvalue weighted by molar-refractivity contribution is 5.97. The lowest BCUT2D eigenvalue weighted by molar-refractivity contribution is -0.119. The lowest BCUT2D eigenvalue weighted by Gasteiger charge is -2.15. The molecule has 0 bridgehead atoms. The van der Waals surface area contributed by atoms with E-state index in [1.807, 2.05) is 0 Å². The number of benzene rings is 2. The van der Waals surface area contributed by atoms with Crippen molar-refractivity contribution >= 4 is 11.8 Å². The van der Waals surface area contributed by atoms with Gasteiger partial charge in [0.1, 0.15) is 23.5 Å². The highest BCUT2D eigenvalue weighted by Crippen LogP contribution is 2.10. The topological polar surface area (TPSA) is 72.2 Å². The van der Waals surface area contributed by atoms with Crippen LogP contribution in [0.25, 0.3) is 0 Å². The van der Waals surface area contributed by atoms with Crippen LogP contribution in [0, 0.1) is 17.5 Å². The maximum atomic E-state index is 13.1. The molecule has 2 aromatic carbocycles. The summed E-state index contributed by atoms with van der Waals surface area (Å²) < 4.78 is 39.1. The van der Waals surface area contributed by atoms with Crippen molar-refractivity contribution < 1.29 is 22.8 Å². The van der Waals surface area contributed by atoms with Crippen molar-refractivity contribution in [3.05, 3.63) is 71.0 Å². The summed E-state index contributed by atoms with van der Waals surface area (Å²) in [5.74, 6) is -3.92. The van der Waals surface area contributed by atoms with Gasteiger partial charge < -0.3 is 11.1 Å². The van der Waals surface area contributed by atoms with Crippen molar-refractivity contribution in [3.8, 4) is 0 Å². The number of hydrogen-bond acceptors (Lipinski definition) is 2. The molecule has 0 aromatic heterocycles. The Morgan fingerprint density at radius 1 is 0.957 bits per heavy atom. The molecule has 7 heteroatoms. The zero-order valence-corrected chi connectivity index (χ0v) is 11.9. The van der Waals surface area contributed by atoms with Crippen LogP contribution in [-0.4, -0.2) is 17.9 Å². The molecule has 2 amide bonds. The van der Waals surface area contributed by atoms with E-state index < -0.39 is 35.3 Å². The van der Waals surface area contributed by atoms with Gasteiger partial charge in [0.25, 0.3) is 5.91 Å². The number of carbonyl (C=O) groups is 2. The smallest absolute Gasteiger partial charge is 0.252 e. The molecule has 1 atom stereocenters. The predicted molar refractivity (Wildman–Crippen MR) is 76.9 cm³/mol. The van der Waals surface area contributed by atoms with Gasteiger partial charge in [0, 0.05) is 18.1 Å². The largest absolute Gasteiger partial charge is 0.368 e. The third kappa shape index (κ3) is 4.57. The van der Waals surface area contributed by atoms with Gasteiger partial charge in [0.05, 0.1) is 0 Å². The fourth-order valence-corrected chi connectivity index (χ4v) is 2.01. The van der Waals surface area contributed by atoms with Crippen molar-refractivity contribution in [1.29, 1.82) is 0 Å². The van der Waals surface area contributed by atoms with Crippen LogP contribution in [0.2, 0.25) is 0 Å². The second-order valence-corrected chi connectivity index (χ2v) is 4.92. The number of primary amides is 1. The molecule has 0 spiro atoms. The quantitative estimate of drug-likeness (QED) is 0.883. The number of halogens is 3. The molecular weight excluding hydrogens is 309 g/mol. The standard InChI is InChI=1S/C16H13F3N2O2/c17-11-3-1-9(2-4-11)5-14(15(20)22)21-16(23)10-6-12(18)8-13(19)7-10/h1-4,6-8,14H,5H2,(H2,20,22)(H,21,23)/t14-/m1/s1. The molecule has 0 aliphatic rings. The fraction of sp³-hybridized carbons (Fsp3) is 0.125. The fourth-order valence-electron chi connectivity index (χ4n) is 2.01. The van der Waals surface area contributed by atoms with Crippen LogP contribution in [0.4, 0.5) is 13.2 Å². The van der Waals surface area contributed by atoms with Gasteiger partial charge in [0.15, 0.2) is 0 Å². The van der Waals surface area contributed by atoms with E-state index in [1.54, 1.807) is 0 Å². The molecule has 0 saturated carbocycles. The Labute approximate surface area is 130 Å². The Morgan fingerprint density at radius 3 is 2.04 bits per heavy atom. The van der Waals surface area contributed by atoms with Gasteiger partial charge in [-0.2, -0.15) is 0 Å². The normalized spacial score (nSPS) is 11.8. The minimum atomic E-state index is -1.10. The summed E-state index contributed by atoms with van der Waals surface area (Å²) in [7, 11) is 0. The molecule has 120 valence electrons. The van der Waals surface area contributed by atoms with Crippen LogP contribution in [-0.2, 0) is 11.2 Å². The Hall–Kier alpha value is -2.83. The molecule has 2 aromatic rings. The average Bonchev–Trinajstić information content (AvgIpc) is 2.47. The molecule has 0 saturated heterocycles. The lowest BCUT2D eigenvalue weighted by atomic mass is 10.0. The van der Waals surface area contributed by atoms with Gasteiger partial charge in [-0.25, -0.2) is 13.2 Å². The van der Waals surface area contributed by atoms with Gasteiger partial charge >= 0.3 is 0 Å². The van der Waals surface area contributed by atoms with Gasteiger partial charge in [-0.05, 0) is 29.8 Å². The molecular formula is C16H13F3N2O2.